The van der Waals surface area contributed by atoms with Crippen molar-refractivity contribution in [1.29, 1.82) is 0 Å². The molecular formula is C14H10Cl2N2O2. The minimum Gasteiger partial charge on any atom is -0.463 e. The van der Waals surface area contributed by atoms with Crippen LogP contribution in [-0.4, -0.2) is 10.5 Å². The van der Waals surface area contributed by atoms with Crippen LogP contribution in [0.4, 0.5) is 5.69 Å². The molecule has 3 aromatic rings. The number of anilines is 1. The number of nitrogens with one attached hydrogen (secondary N) is 1. The number of hydrogen-bond acceptors (Lipinski definition) is 2. The Morgan fingerprint density at radius 3 is 2.55 bits per heavy atom. The highest BCUT2D eigenvalue weighted by atomic mass is 35.5. The second-order valence-corrected chi connectivity index (χ2v) is 5.24. The molecule has 0 aliphatic carbocycles. The second kappa shape index (κ2) is 4.89. The summed E-state index contributed by atoms with van der Waals surface area (Å²) < 4.78 is 7.04. The Kier molecular flexibility index (Phi) is 3.20. The minimum absolute atomic E-state index is 0.253. The highest BCUT2D eigenvalue weighted by Crippen LogP contribution is 2.24. The van der Waals surface area contributed by atoms with Crippen LogP contribution < -0.4 is 5.32 Å². The topological polar surface area (TPSA) is 47.2 Å². The maximum Gasteiger partial charge on any atom is 0.272 e. The number of hydrogen-bond donors (Lipinski definition) is 1. The van der Waals surface area contributed by atoms with E-state index in [-0.39, 0.29) is 5.91 Å². The zero-order chi connectivity index (χ0) is 14.3. The molecule has 102 valence electrons. The summed E-state index contributed by atoms with van der Waals surface area (Å²) in [7, 11) is 1.80. The molecule has 6 heteroatoms. The lowest BCUT2D eigenvalue weighted by molar-refractivity contribution is 0.101. The second-order valence-electron chi connectivity index (χ2n) is 4.37. The van der Waals surface area contributed by atoms with Crippen molar-refractivity contribution in [3.05, 3.63) is 52.3 Å². The molecule has 0 saturated heterocycles. The van der Waals surface area contributed by atoms with E-state index in [9.17, 15) is 4.79 Å². The van der Waals surface area contributed by atoms with Crippen molar-refractivity contribution >= 4 is 45.9 Å². The zero-order valence-electron chi connectivity index (χ0n) is 10.5. The smallest absolute Gasteiger partial charge is 0.272 e. The van der Waals surface area contributed by atoms with Gasteiger partial charge in [-0.15, -0.1) is 0 Å². The fraction of sp³-hybridized carbons (Fsp3) is 0.0714. The molecule has 0 spiro atoms. The number of rotatable bonds is 2. The first kappa shape index (κ1) is 13.1. The van der Waals surface area contributed by atoms with Crippen LogP contribution >= 0.6 is 23.2 Å². The minimum atomic E-state index is -0.253. The lowest BCUT2D eigenvalue weighted by atomic mass is 10.3. The Morgan fingerprint density at radius 2 is 1.90 bits per heavy atom. The highest BCUT2D eigenvalue weighted by molar-refractivity contribution is 6.35. The quantitative estimate of drug-likeness (QED) is 0.766. The first-order valence-electron chi connectivity index (χ1n) is 5.85. The highest BCUT2D eigenvalue weighted by Gasteiger charge is 2.15. The predicted molar refractivity (Wildman–Crippen MR) is 79.6 cm³/mol. The van der Waals surface area contributed by atoms with Gasteiger partial charge in [0, 0.05) is 34.9 Å². The van der Waals surface area contributed by atoms with E-state index >= 15 is 0 Å². The third-order valence-corrected chi connectivity index (χ3v) is 3.45. The average molecular weight is 309 g/mol. The maximum absolute atomic E-state index is 12.3. The Bertz CT molecular complexity index is 784. The van der Waals surface area contributed by atoms with Crippen molar-refractivity contribution in [3.63, 3.8) is 0 Å². The lowest BCUT2D eigenvalue weighted by Gasteiger charge is -2.07. The molecule has 20 heavy (non-hydrogen) atoms. The first-order valence-corrected chi connectivity index (χ1v) is 6.60. The van der Waals surface area contributed by atoms with Gasteiger partial charge >= 0.3 is 0 Å². The molecule has 0 aliphatic rings. The van der Waals surface area contributed by atoms with Gasteiger partial charge in [0.05, 0.1) is 11.8 Å². The number of amides is 1. The summed E-state index contributed by atoms with van der Waals surface area (Å²) in [6.45, 7) is 0. The van der Waals surface area contributed by atoms with Crippen LogP contribution in [0, 0.1) is 0 Å². The summed E-state index contributed by atoms with van der Waals surface area (Å²) in [5.41, 5.74) is 2.57. The molecule has 0 saturated carbocycles. The Labute approximate surface area is 124 Å². The molecule has 1 aromatic carbocycles. The standard InChI is InChI=1S/C14H10Cl2N2O2/c1-18-11-2-3-20-13(11)7-12(18)14(19)17-10-5-8(15)4-9(16)6-10/h2-7H,1H3,(H,17,19). The van der Waals surface area contributed by atoms with E-state index in [1.165, 1.54) is 0 Å². The van der Waals surface area contributed by atoms with Crippen LogP contribution in [0.2, 0.25) is 10.0 Å². The van der Waals surface area contributed by atoms with E-state index in [0.29, 0.717) is 27.0 Å². The van der Waals surface area contributed by atoms with Gasteiger partial charge in [-0.25, -0.2) is 0 Å². The number of carbonyl (C=O) groups is 1. The van der Waals surface area contributed by atoms with E-state index in [2.05, 4.69) is 5.32 Å². The van der Waals surface area contributed by atoms with E-state index in [0.717, 1.165) is 5.52 Å². The van der Waals surface area contributed by atoms with E-state index in [4.69, 9.17) is 27.6 Å². The summed E-state index contributed by atoms with van der Waals surface area (Å²) >= 11 is 11.8. The van der Waals surface area contributed by atoms with Crippen molar-refractivity contribution in [2.75, 3.05) is 5.32 Å². The van der Waals surface area contributed by atoms with E-state index in [1.807, 2.05) is 6.07 Å². The predicted octanol–water partition coefficient (Wildman–Crippen LogP) is 4.33. The van der Waals surface area contributed by atoms with Crippen molar-refractivity contribution in [3.8, 4) is 0 Å². The SMILES string of the molecule is Cn1c(C(=O)Nc2cc(Cl)cc(Cl)c2)cc2occc21. The molecule has 0 fully saturated rings. The average Bonchev–Trinajstić information content (AvgIpc) is 2.91. The normalized spacial score (nSPS) is 10.9. The van der Waals surface area contributed by atoms with Crippen LogP contribution in [0.5, 0.6) is 0 Å². The third kappa shape index (κ3) is 2.28. The molecule has 0 radical (unpaired) electrons. The maximum atomic E-state index is 12.3. The monoisotopic (exact) mass is 308 g/mol. The summed E-state index contributed by atoms with van der Waals surface area (Å²) in [6.07, 6.45) is 1.59. The van der Waals surface area contributed by atoms with Gasteiger partial charge in [0.25, 0.3) is 5.91 Å². The Morgan fingerprint density at radius 1 is 1.20 bits per heavy atom. The van der Waals surface area contributed by atoms with E-state index in [1.54, 1.807) is 42.1 Å². The fourth-order valence-corrected chi connectivity index (χ4v) is 2.62. The van der Waals surface area contributed by atoms with Crippen LogP contribution in [0.3, 0.4) is 0 Å². The first-order chi connectivity index (χ1) is 9.54. The van der Waals surface area contributed by atoms with Crippen molar-refractivity contribution in [2.24, 2.45) is 7.05 Å². The number of carbonyl (C=O) groups excluding carboxylic acids is 1. The number of aromatic nitrogens is 1. The van der Waals surface area contributed by atoms with Crippen molar-refractivity contribution in [2.45, 2.75) is 0 Å². The molecule has 3 rings (SSSR count). The summed E-state index contributed by atoms with van der Waals surface area (Å²) in [5.74, 6) is -0.253. The molecule has 4 nitrogen and oxygen atoms in total. The molecular weight excluding hydrogens is 299 g/mol. The van der Waals surface area contributed by atoms with Gasteiger partial charge < -0.3 is 14.3 Å². The number of nitrogens with zero attached hydrogens (tertiary/aromatic N) is 1. The number of fused-ring (bicyclic) bond motifs is 1. The van der Waals surface area contributed by atoms with Crippen LogP contribution in [0.1, 0.15) is 10.5 Å². The van der Waals surface area contributed by atoms with Gasteiger partial charge in [0.15, 0.2) is 5.58 Å². The van der Waals surface area contributed by atoms with E-state index < -0.39 is 0 Å². The number of aryl methyl sites for hydroxylation is 1. The largest absolute Gasteiger partial charge is 0.463 e. The van der Waals surface area contributed by atoms with Gasteiger partial charge in [-0.3, -0.25) is 4.79 Å². The molecule has 2 aromatic heterocycles. The van der Waals surface area contributed by atoms with Gasteiger partial charge in [0.1, 0.15) is 5.69 Å². The van der Waals surface area contributed by atoms with Gasteiger partial charge in [0.2, 0.25) is 0 Å². The molecule has 0 unspecified atom stereocenters. The molecule has 1 N–H and O–H groups in total. The van der Waals surface area contributed by atoms with Crippen LogP contribution in [-0.2, 0) is 7.05 Å². The summed E-state index contributed by atoms with van der Waals surface area (Å²) in [6, 6.07) is 8.38. The molecule has 1 amide bonds. The number of furan rings is 1. The van der Waals surface area contributed by atoms with Gasteiger partial charge in [-0.1, -0.05) is 23.2 Å². The Hall–Kier alpha value is -1.91. The summed E-state index contributed by atoms with van der Waals surface area (Å²) in [4.78, 5) is 12.3. The third-order valence-electron chi connectivity index (χ3n) is 3.02. The van der Waals surface area contributed by atoms with Crippen molar-refractivity contribution in [1.82, 2.24) is 4.57 Å². The number of halogens is 2. The van der Waals surface area contributed by atoms with Gasteiger partial charge in [-0.2, -0.15) is 0 Å². The molecule has 0 bridgehead atoms. The van der Waals surface area contributed by atoms with Gasteiger partial charge in [-0.05, 0) is 18.2 Å². The fourth-order valence-electron chi connectivity index (χ4n) is 2.09. The zero-order valence-corrected chi connectivity index (χ0v) is 12.0. The van der Waals surface area contributed by atoms with Crippen LogP contribution in [0.15, 0.2) is 41.0 Å². The molecule has 0 atom stereocenters. The summed E-state index contributed by atoms with van der Waals surface area (Å²) in [5, 5.41) is 3.69. The Balaban J connectivity index is 1.92. The molecule has 0 aliphatic heterocycles. The van der Waals surface area contributed by atoms with Crippen LogP contribution in [0.25, 0.3) is 11.1 Å². The number of benzene rings is 1. The van der Waals surface area contributed by atoms with Crippen molar-refractivity contribution < 1.29 is 9.21 Å². The lowest BCUT2D eigenvalue weighted by Crippen LogP contribution is -2.15. The molecule has 2 heterocycles.